The lowest BCUT2D eigenvalue weighted by atomic mass is 9.99. The van der Waals surface area contributed by atoms with E-state index in [-0.39, 0.29) is 11.1 Å². The van der Waals surface area contributed by atoms with Crippen LogP contribution in [0.2, 0.25) is 0 Å². The average molecular weight is 484 g/mol. The highest BCUT2D eigenvalue weighted by molar-refractivity contribution is 7.21. The molecule has 1 aliphatic rings. The molecule has 33 heavy (non-hydrogen) atoms. The van der Waals surface area contributed by atoms with Gasteiger partial charge < -0.3 is 14.6 Å². The fourth-order valence-electron chi connectivity index (χ4n) is 4.02. The van der Waals surface area contributed by atoms with Crippen LogP contribution >= 0.6 is 20.6 Å². The van der Waals surface area contributed by atoms with Gasteiger partial charge in [0.1, 0.15) is 6.61 Å². The first-order valence-electron chi connectivity index (χ1n) is 11.0. The van der Waals surface area contributed by atoms with Gasteiger partial charge in [0, 0.05) is 34.5 Å². The van der Waals surface area contributed by atoms with Crippen molar-refractivity contribution in [1.29, 1.82) is 0 Å². The van der Waals surface area contributed by atoms with Crippen LogP contribution in [0.5, 0.6) is 11.5 Å². The summed E-state index contributed by atoms with van der Waals surface area (Å²) in [7, 11) is 4.59. The summed E-state index contributed by atoms with van der Waals surface area (Å²) in [5.74, 6) is 0.422. The number of carboxylic acid groups (broad SMARTS) is 1. The van der Waals surface area contributed by atoms with Crippen molar-refractivity contribution in [1.82, 2.24) is 4.90 Å². The van der Waals surface area contributed by atoms with Crippen LogP contribution in [-0.2, 0) is 23.1 Å². The van der Waals surface area contributed by atoms with Crippen LogP contribution in [0.3, 0.4) is 0 Å². The largest absolute Gasteiger partial charge is 0.493 e. The van der Waals surface area contributed by atoms with E-state index in [4.69, 9.17) is 14.6 Å². The predicted molar refractivity (Wildman–Crippen MR) is 136 cm³/mol. The van der Waals surface area contributed by atoms with E-state index < -0.39 is 5.97 Å². The minimum Gasteiger partial charge on any atom is -0.493 e. The maximum atomic E-state index is 11.0. The van der Waals surface area contributed by atoms with Gasteiger partial charge in [0.05, 0.1) is 13.0 Å². The summed E-state index contributed by atoms with van der Waals surface area (Å²) < 4.78 is 11.7. The second-order valence-electron chi connectivity index (χ2n) is 9.05. The Morgan fingerprint density at radius 3 is 2.52 bits per heavy atom. The van der Waals surface area contributed by atoms with Crippen LogP contribution < -0.4 is 9.47 Å². The molecule has 1 unspecified atom stereocenters. The molecule has 0 saturated carbocycles. The number of nitrogens with zero attached hydrogens (tertiary/aromatic N) is 1. The number of hydrogen-bond donors (Lipinski definition) is 1. The van der Waals surface area contributed by atoms with Gasteiger partial charge in [-0.1, -0.05) is 50.2 Å². The van der Waals surface area contributed by atoms with E-state index >= 15 is 0 Å². The van der Waals surface area contributed by atoms with Gasteiger partial charge in [0.15, 0.2) is 11.5 Å². The van der Waals surface area contributed by atoms with E-state index in [0.29, 0.717) is 37.7 Å². The molecule has 1 saturated heterocycles. The number of carbonyl (C=O) groups is 1. The van der Waals surface area contributed by atoms with Crippen molar-refractivity contribution >= 4 is 26.5 Å². The zero-order valence-electron chi connectivity index (χ0n) is 19.2. The molecular weight excluding hydrogens is 453 g/mol. The lowest BCUT2D eigenvalue weighted by Crippen LogP contribution is -2.49. The van der Waals surface area contributed by atoms with Crippen LogP contribution in [0.1, 0.15) is 29.2 Å². The molecule has 2 aromatic carbocycles. The van der Waals surface area contributed by atoms with Gasteiger partial charge in [-0.25, -0.2) is 0 Å². The van der Waals surface area contributed by atoms with E-state index in [1.165, 1.54) is 16.0 Å². The molecule has 3 aromatic rings. The molecule has 0 bridgehead atoms. The Morgan fingerprint density at radius 2 is 1.88 bits per heavy atom. The third-order valence-corrected chi connectivity index (χ3v) is 7.71. The molecule has 0 amide bonds. The number of benzene rings is 2. The molecule has 1 fully saturated rings. The molecule has 1 N–H and O–H groups in total. The number of thiophene rings is 1. The standard InChI is InChI=1S/C26H30NO4PS/c1-26(2,32)24-21(18-7-5-4-6-8-18)12-20(33-24)16-31-22-10-9-17(11-23(22)30-3)13-27-14-19(15-27)25(28)29/h4-12,19H,13-16,32H2,1-3H3,(H,28,29). The highest BCUT2D eigenvalue weighted by atomic mass is 32.1. The topological polar surface area (TPSA) is 59.0 Å². The lowest BCUT2D eigenvalue weighted by Gasteiger charge is -2.36. The molecule has 5 nitrogen and oxygen atoms in total. The molecule has 7 heteroatoms. The van der Waals surface area contributed by atoms with Crippen molar-refractivity contribution in [3.8, 4) is 22.6 Å². The molecule has 174 valence electrons. The van der Waals surface area contributed by atoms with E-state index in [1.807, 2.05) is 24.3 Å². The molecule has 1 aliphatic heterocycles. The highest BCUT2D eigenvalue weighted by Gasteiger charge is 2.32. The van der Waals surface area contributed by atoms with Crippen molar-refractivity contribution in [2.75, 3.05) is 20.2 Å². The monoisotopic (exact) mass is 483 g/mol. The fourth-order valence-corrected chi connectivity index (χ4v) is 5.45. The first-order chi connectivity index (χ1) is 15.7. The lowest BCUT2D eigenvalue weighted by molar-refractivity contribution is -0.147. The number of likely N-dealkylation sites (tertiary alicyclic amines) is 1. The molecule has 0 aliphatic carbocycles. The third kappa shape index (κ3) is 5.57. The molecule has 1 atom stereocenters. The summed E-state index contributed by atoms with van der Waals surface area (Å²) in [5.41, 5.74) is 3.54. The van der Waals surface area contributed by atoms with Crippen LogP contribution in [0.4, 0.5) is 0 Å². The SMILES string of the molecule is COc1cc(CN2CC(C(=O)O)C2)ccc1OCc1cc(-c2ccccc2)c(C(C)(C)P)s1. The van der Waals surface area contributed by atoms with Gasteiger partial charge in [0.25, 0.3) is 0 Å². The Hall–Kier alpha value is -2.40. The molecule has 1 aromatic heterocycles. The van der Waals surface area contributed by atoms with Crippen LogP contribution in [0.15, 0.2) is 54.6 Å². The minimum atomic E-state index is -0.718. The Kier molecular flexibility index (Phi) is 7.08. The van der Waals surface area contributed by atoms with Gasteiger partial charge in [-0.3, -0.25) is 9.69 Å². The van der Waals surface area contributed by atoms with Gasteiger partial charge in [-0.2, -0.15) is 0 Å². The van der Waals surface area contributed by atoms with Crippen LogP contribution in [-0.4, -0.2) is 36.2 Å². The maximum Gasteiger partial charge on any atom is 0.309 e. The first-order valence-corrected chi connectivity index (χ1v) is 12.4. The van der Waals surface area contributed by atoms with E-state index in [1.54, 1.807) is 18.4 Å². The van der Waals surface area contributed by atoms with Gasteiger partial charge in [-0.05, 0) is 34.9 Å². The van der Waals surface area contributed by atoms with Crippen LogP contribution in [0, 0.1) is 5.92 Å². The fraction of sp³-hybridized carbons (Fsp3) is 0.346. The van der Waals surface area contributed by atoms with Crippen molar-refractivity contribution in [2.45, 2.75) is 32.2 Å². The van der Waals surface area contributed by atoms with E-state index in [0.717, 1.165) is 10.4 Å². The summed E-state index contributed by atoms with van der Waals surface area (Å²) in [6.07, 6.45) is 0. The molecular formula is C26H30NO4PS. The van der Waals surface area contributed by atoms with Gasteiger partial charge in [-0.15, -0.1) is 20.6 Å². The normalized spacial score (nSPS) is 14.7. The maximum absolute atomic E-state index is 11.0. The summed E-state index contributed by atoms with van der Waals surface area (Å²) in [4.78, 5) is 15.6. The minimum absolute atomic E-state index is 0.0378. The number of hydrogen-bond acceptors (Lipinski definition) is 5. The smallest absolute Gasteiger partial charge is 0.309 e. The summed E-state index contributed by atoms with van der Waals surface area (Å²) in [6, 6.07) is 18.6. The van der Waals surface area contributed by atoms with Crippen molar-refractivity contribution in [3.05, 3.63) is 69.9 Å². The number of carboxylic acids is 1. The summed E-state index contributed by atoms with van der Waals surface area (Å²) in [6.45, 7) is 6.77. The Balaban J connectivity index is 1.46. The second kappa shape index (κ2) is 9.84. The average Bonchev–Trinajstić information content (AvgIpc) is 3.20. The van der Waals surface area contributed by atoms with E-state index in [9.17, 15) is 4.79 Å². The predicted octanol–water partition coefficient (Wildman–Crippen LogP) is 5.63. The number of ether oxygens (including phenoxy) is 2. The van der Waals surface area contributed by atoms with Crippen molar-refractivity contribution in [2.24, 2.45) is 5.92 Å². The molecule has 4 rings (SSSR count). The highest BCUT2D eigenvalue weighted by Crippen LogP contribution is 2.43. The quantitative estimate of drug-likeness (QED) is 0.400. The van der Waals surface area contributed by atoms with Gasteiger partial charge in [0.2, 0.25) is 0 Å². The number of methoxy groups -OCH3 is 1. The summed E-state index contributed by atoms with van der Waals surface area (Å²) >= 11 is 1.78. The Labute approximate surface area is 201 Å². The molecule has 2 heterocycles. The van der Waals surface area contributed by atoms with E-state index in [2.05, 4.69) is 58.3 Å². The zero-order chi connectivity index (χ0) is 23.6. The zero-order valence-corrected chi connectivity index (χ0v) is 21.2. The number of aliphatic carboxylic acids is 1. The summed E-state index contributed by atoms with van der Waals surface area (Å²) in [5, 5.41) is 9.02. The number of rotatable bonds is 9. The van der Waals surface area contributed by atoms with Gasteiger partial charge >= 0.3 is 5.97 Å². The van der Waals surface area contributed by atoms with Crippen molar-refractivity contribution < 1.29 is 19.4 Å². The third-order valence-electron chi connectivity index (χ3n) is 5.76. The molecule has 0 radical (unpaired) electrons. The second-order valence-corrected chi connectivity index (χ2v) is 11.6. The Morgan fingerprint density at radius 1 is 1.15 bits per heavy atom. The Bertz CT molecular complexity index is 1120. The van der Waals surface area contributed by atoms with Crippen molar-refractivity contribution in [3.63, 3.8) is 0 Å². The first kappa shape index (κ1) is 23.7. The van der Waals surface area contributed by atoms with Crippen LogP contribution in [0.25, 0.3) is 11.1 Å². The molecule has 0 spiro atoms.